The predicted octanol–water partition coefficient (Wildman–Crippen LogP) is 4.13. The van der Waals surface area contributed by atoms with E-state index in [2.05, 4.69) is 6.58 Å². The van der Waals surface area contributed by atoms with Crippen LogP contribution >= 0.6 is 11.6 Å². The molecule has 0 nitrogen and oxygen atoms in total. The van der Waals surface area contributed by atoms with Gasteiger partial charge in [-0.15, -0.1) is 11.6 Å². The molecule has 0 saturated carbocycles. The van der Waals surface area contributed by atoms with Gasteiger partial charge in [0.05, 0.1) is 0 Å². The second-order valence-electron chi connectivity index (χ2n) is 2.34. The zero-order valence-corrected chi connectivity index (χ0v) is 8.67. The van der Waals surface area contributed by atoms with Crippen molar-refractivity contribution >= 4 is 17.7 Å². The van der Waals surface area contributed by atoms with Gasteiger partial charge in [0, 0.05) is 5.88 Å². The Labute approximate surface area is 85.6 Å². The van der Waals surface area contributed by atoms with Crippen molar-refractivity contribution < 1.29 is 0 Å². The third kappa shape index (κ3) is 7.35. The zero-order chi connectivity index (χ0) is 9.94. The number of allylic oxidation sites excluding steroid dienone is 2. The molecule has 0 aliphatic rings. The van der Waals surface area contributed by atoms with Crippen LogP contribution in [-0.4, -0.2) is 5.88 Å². The lowest BCUT2D eigenvalue weighted by Gasteiger charge is -1.85. The molecule has 0 bridgehead atoms. The van der Waals surface area contributed by atoms with E-state index < -0.39 is 0 Å². The predicted molar refractivity (Wildman–Crippen MR) is 62.1 cm³/mol. The first kappa shape index (κ1) is 12.0. The van der Waals surface area contributed by atoms with E-state index in [-0.39, 0.29) is 0 Å². The molecule has 1 rings (SSSR count). The van der Waals surface area contributed by atoms with Crippen molar-refractivity contribution in [3.63, 3.8) is 0 Å². The van der Waals surface area contributed by atoms with Crippen molar-refractivity contribution in [2.45, 2.75) is 6.92 Å². The van der Waals surface area contributed by atoms with Gasteiger partial charge >= 0.3 is 0 Å². The van der Waals surface area contributed by atoms with Gasteiger partial charge in [0.1, 0.15) is 0 Å². The molecule has 1 aromatic carbocycles. The van der Waals surface area contributed by atoms with Crippen LogP contribution in [0.3, 0.4) is 0 Å². The van der Waals surface area contributed by atoms with Gasteiger partial charge < -0.3 is 0 Å². The number of benzene rings is 1. The maximum atomic E-state index is 5.21. The van der Waals surface area contributed by atoms with E-state index in [1.165, 1.54) is 5.56 Å². The highest BCUT2D eigenvalue weighted by molar-refractivity contribution is 6.18. The SMILES string of the molecule is C=Cc1ccccc1.CC=CCCl. The second-order valence-corrected chi connectivity index (χ2v) is 2.65. The molecule has 0 heterocycles. The highest BCUT2D eigenvalue weighted by Gasteiger charge is 1.75. The van der Waals surface area contributed by atoms with Crippen molar-refractivity contribution in [2.75, 3.05) is 5.88 Å². The van der Waals surface area contributed by atoms with Crippen LogP contribution in [0.5, 0.6) is 0 Å². The van der Waals surface area contributed by atoms with Crippen molar-refractivity contribution in [3.8, 4) is 0 Å². The monoisotopic (exact) mass is 194 g/mol. The third-order valence-corrected chi connectivity index (χ3v) is 1.54. The first-order valence-corrected chi connectivity index (χ1v) is 4.73. The number of hydrogen-bond donors (Lipinski definition) is 0. The van der Waals surface area contributed by atoms with Gasteiger partial charge in [-0.3, -0.25) is 0 Å². The number of hydrogen-bond acceptors (Lipinski definition) is 0. The molecule has 0 saturated heterocycles. The summed E-state index contributed by atoms with van der Waals surface area (Å²) >= 11 is 5.21. The van der Waals surface area contributed by atoms with E-state index in [0.29, 0.717) is 5.88 Å². The van der Waals surface area contributed by atoms with Crippen LogP contribution in [0, 0.1) is 0 Å². The van der Waals surface area contributed by atoms with Crippen LogP contribution in [0.1, 0.15) is 12.5 Å². The summed E-state index contributed by atoms with van der Waals surface area (Å²) in [6.07, 6.45) is 5.65. The van der Waals surface area contributed by atoms with Crippen LogP contribution in [0.15, 0.2) is 49.1 Å². The van der Waals surface area contributed by atoms with E-state index >= 15 is 0 Å². The Balaban J connectivity index is 0.000000252. The van der Waals surface area contributed by atoms with Crippen molar-refractivity contribution in [1.29, 1.82) is 0 Å². The molecular formula is C12H15Cl. The molecule has 0 aromatic heterocycles. The molecule has 0 spiro atoms. The van der Waals surface area contributed by atoms with Crippen LogP contribution in [0.4, 0.5) is 0 Å². The topological polar surface area (TPSA) is 0 Å². The molecule has 13 heavy (non-hydrogen) atoms. The zero-order valence-electron chi connectivity index (χ0n) is 7.91. The number of rotatable bonds is 2. The Kier molecular flexibility index (Phi) is 8.38. The summed E-state index contributed by atoms with van der Waals surface area (Å²) in [5, 5.41) is 0. The lowest BCUT2D eigenvalue weighted by Crippen LogP contribution is -1.63. The molecule has 70 valence electrons. The maximum absolute atomic E-state index is 5.21. The van der Waals surface area contributed by atoms with Crippen LogP contribution in [0.2, 0.25) is 0 Å². The van der Waals surface area contributed by atoms with Gasteiger partial charge in [-0.25, -0.2) is 0 Å². The van der Waals surface area contributed by atoms with Gasteiger partial charge in [-0.2, -0.15) is 0 Å². The highest BCUT2D eigenvalue weighted by Crippen LogP contribution is 1.97. The fourth-order valence-electron chi connectivity index (χ4n) is 0.678. The molecule has 0 N–H and O–H groups in total. The van der Waals surface area contributed by atoms with Crippen LogP contribution < -0.4 is 0 Å². The summed E-state index contributed by atoms with van der Waals surface area (Å²) in [4.78, 5) is 0. The highest BCUT2D eigenvalue weighted by atomic mass is 35.5. The van der Waals surface area contributed by atoms with Crippen LogP contribution in [0.25, 0.3) is 6.08 Å². The average Bonchev–Trinajstić information content (AvgIpc) is 2.21. The summed E-state index contributed by atoms with van der Waals surface area (Å²) in [7, 11) is 0. The summed E-state index contributed by atoms with van der Waals surface area (Å²) in [5.41, 5.74) is 1.17. The normalized spacial score (nSPS) is 9.08. The van der Waals surface area contributed by atoms with E-state index in [0.717, 1.165) is 0 Å². The number of halogens is 1. The lowest BCUT2D eigenvalue weighted by atomic mass is 10.2. The number of alkyl halides is 1. The first-order valence-electron chi connectivity index (χ1n) is 4.19. The smallest absolute Gasteiger partial charge is 0.0404 e. The van der Waals surface area contributed by atoms with Gasteiger partial charge in [-0.1, -0.05) is 55.1 Å². The molecule has 0 amide bonds. The molecular weight excluding hydrogens is 180 g/mol. The van der Waals surface area contributed by atoms with Gasteiger partial charge in [-0.05, 0) is 12.5 Å². The summed E-state index contributed by atoms with van der Waals surface area (Å²) in [6.45, 7) is 5.58. The van der Waals surface area contributed by atoms with E-state index in [1.807, 2.05) is 55.5 Å². The standard InChI is InChI=1S/C8H8.C4H7Cl/c1-2-8-6-4-3-5-7-8;1-2-3-4-5/h2-7H,1H2;2-3H,4H2,1H3. The Morgan fingerprint density at radius 3 is 2.15 bits per heavy atom. The molecule has 1 heteroatoms. The minimum Gasteiger partial charge on any atom is -0.122 e. The molecule has 0 fully saturated rings. The fourth-order valence-corrected chi connectivity index (χ4v) is 0.856. The second kappa shape index (κ2) is 9.08. The molecule has 0 radical (unpaired) electrons. The summed E-state index contributed by atoms with van der Waals surface area (Å²) < 4.78 is 0. The van der Waals surface area contributed by atoms with Crippen molar-refractivity contribution in [1.82, 2.24) is 0 Å². The Morgan fingerprint density at radius 2 is 1.92 bits per heavy atom. The molecule has 1 aromatic rings. The molecule has 0 aliphatic carbocycles. The Bertz CT molecular complexity index is 237. The lowest BCUT2D eigenvalue weighted by molar-refractivity contribution is 1.65. The quantitative estimate of drug-likeness (QED) is 0.491. The van der Waals surface area contributed by atoms with E-state index in [9.17, 15) is 0 Å². The minimum absolute atomic E-state index is 0.635. The molecule has 0 aliphatic heterocycles. The molecule has 0 unspecified atom stereocenters. The van der Waals surface area contributed by atoms with E-state index in [1.54, 1.807) is 0 Å². The summed E-state index contributed by atoms with van der Waals surface area (Å²) in [6, 6.07) is 10.0. The fraction of sp³-hybridized carbons (Fsp3) is 0.167. The van der Waals surface area contributed by atoms with Crippen LogP contribution in [-0.2, 0) is 0 Å². The maximum Gasteiger partial charge on any atom is 0.0404 e. The third-order valence-electron chi connectivity index (χ3n) is 1.36. The van der Waals surface area contributed by atoms with Gasteiger partial charge in [0.2, 0.25) is 0 Å². The van der Waals surface area contributed by atoms with Crippen molar-refractivity contribution in [3.05, 3.63) is 54.6 Å². The minimum atomic E-state index is 0.635. The van der Waals surface area contributed by atoms with Crippen molar-refractivity contribution in [2.24, 2.45) is 0 Å². The largest absolute Gasteiger partial charge is 0.122 e. The van der Waals surface area contributed by atoms with E-state index in [4.69, 9.17) is 11.6 Å². The Hall–Kier alpha value is -1.01. The summed E-state index contributed by atoms with van der Waals surface area (Å²) in [5.74, 6) is 0.635. The molecule has 0 atom stereocenters. The Morgan fingerprint density at radius 1 is 1.31 bits per heavy atom. The van der Waals surface area contributed by atoms with Gasteiger partial charge in [0.15, 0.2) is 0 Å². The first-order chi connectivity index (χ1) is 6.35. The van der Waals surface area contributed by atoms with Gasteiger partial charge in [0.25, 0.3) is 0 Å². The average molecular weight is 195 g/mol.